The SMILES string of the molecule is CCc1ccc(NC(=O)c2cc(S(=O)(=O)NCc3ccccc3Cl)ccc2F)cc1. The second-order valence-corrected chi connectivity index (χ2v) is 8.74. The van der Waals surface area contributed by atoms with Gasteiger partial charge in [-0.1, -0.05) is 48.9 Å². The zero-order valence-corrected chi connectivity index (χ0v) is 17.7. The topological polar surface area (TPSA) is 75.3 Å². The molecule has 0 atom stereocenters. The molecule has 3 rings (SSSR count). The second kappa shape index (κ2) is 9.38. The highest BCUT2D eigenvalue weighted by molar-refractivity contribution is 7.89. The zero-order chi connectivity index (χ0) is 21.7. The van der Waals surface area contributed by atoms with Gasteiger partial charge in [0.1, 0.15) is 5.82 Å². The maximum Gasteiger partial charge on any atom is 0.258 e. The molecule has 3 aromatic rings. The van der Waals surface area contributed by atoms with E-state index in [1.165, 1.54) is 0 Å². The molecule has 0 aliphatic heterocycles. The van der Waals surface area contributed by atoms with Gasteiger partial charge in [-0.05, 0) is 53.9 Å². The summed E-state index contributed by atoms with van der Waals surface area (Å²) in [6.45, 7) is 1.97. The number of rotatable bonds is 7. The van der Waals surface area contributed by atoms with Crippen LogP contribution in [0.1, 0.15) is 28.4 Å². The first-order valence-corrected chi connectivity index (χ1v) is 11.1. The van der Waals surface area contributed by atoms with Crippen LogP contribution in [0, 0.1) is 5.82 Å². The molecule has 0 saturated carbocycles. The van der Waals surface area contributed by atoms with Crippen molar-refractivity contribution in [3.63, 3.8) is 0 Å². The number of carbonyl (C=O) groups is 1. The van der Waals surface area contributed by atoms with E-state index in [0.717, 1.165) is 30.2 Å². The predicted molar refractivity (Wildman–Crippen MR) is 116 cm³/mol. The summed E-state index contributed by atoms with van der Waals surface area (Å²) in [7, 11) is -3.99. The molecule has 0 saturated heterocycles. The van der Waals surface area contributed by atoms with Crippen LogP contribution in [-0.4, -0.2) is 14.3 Å². The predicted octanol–water partition coefficient (Wildman–Crippen LogP) is 4.77. The molecule has 1 amide bonds. The normalized spacial score (nSPS) is 11.3. The Bertz CT molecular complexity index is 1170. The number of hydrogen-bond donors (Lipinski definition) is 2. The number of sulfonamides is 1. The van der Waals surface area contributed by atoms with Gasteiger partial charge in [0.2, 0.25) is 10.0 Å². The molecule has 3 aromatic carbocycles. The number of hydrogen-bond acceptors (Lipinski definition) is 3. The van der Waals surface area contributed by atoms with Crippen LogP contribution in [0.3, 0.4) is 0 Å². The fourth-order valence-corrected chi connectivity index (χ4v) is 4.00. The number of halogens is 2. The number of carbonyl (C=O) groups excluding carboxylic acids is 1. The maximum atomic E-state index is 14.2. The number of nitrogens with one attached hydrogen (secondary N) is 2. The molecule has 0 fully saturated rings. The molecule has 0 spiro atoms. The molecule has 30 heavy (non-hydrogen) atoms. The van der Waals surface area contributed by atoms with Crippen molar-refractivity contribution >= 4 is 33.2 Å². The molecule has 0 radical (unpaired) electrons. The van der Waals surface area contributed by atoms with Gasteiger partial charge in [0.05, 0.1) is 10.5 Å². The number of aryl methyl sites for hydroxylation is 1. The zero-order valence-electron chi connectivity index (χ0n) is 16.2. The van der Waals surface area contributed by atoms with Gasteiger partial charge >= 0.3 is 0 Å². The van der Waals surface area contributed by atoms with Crippen LogP contribution in [-0.2, 0) is 23.0 Å². The first kappa shape index (κ1) is 22.0. The Morgan fingerprint density at radius 1 is 1.03 bits per heavy atom. The lowest BCUT2D eigenvalue weighted by atomic mass is 10.1. The van der Waals surface area contributed by atoms with Crippen LogP contribution in [0.25, 0.3) is 0 Å². The summed E-state index contributed by atoms with van der Waals surface area (Å²) >= 11 is 6.05. The van der Waals surface area contributed by atoms with E-state index in [0.29, 0.717) is 16.3 Å². The monoisotopic (exact) mass is 446 g/mol. The third-order valence-corrected chi connectivity index (χ3v) is 6.29. The third kappa shape index (κ3) is 5.24. The van der Waals surface area contributed by atoms with E-state index >= 15 is 0 Å². The first-order valence-electron chi connectivity index (χ1n) is 9.23. The summed E-state index contributed by atoms with van der Waals surface area (Å²) in [6, 6.07) is 17.0. The van der Waals surface area contributed by atoms with Crippen LogP contribution in [0.15, 0.2) is 71.6 Å². The largest absolute Gasteiger partial charge is 0.322 e. The van der Waals surface area contributed by atoms with Gasteiger partial charge in [0.25, 0.3) is 5.91 Å². The molecule has 0 heterocycles. The van der Waals surface area contributed by atoms with Crippen LogP contribution in [0.2, 0.25) is 5.02 Å². The standard InChI is InChI=1S/C22H20ClFN2O3S/c1-2-15-7-9-17(10-8-15)26-22(27)19-13-18(11-12-21(19)24)30(28,29)25-14-16-5-3-4-6-20(16)23/h3-13,25H,2,14H2,1H3,(H,26,27). The Balaban J connectivity index is 1.79. The van der Waals surface area contributed by atoms with Crippen LogP contribution in [0.5, 0.6) is 0 Å². The smallest absolute Gasteiger partial charge is 0.258 e. The van der Waals surface area contributed by atoms with E-state index in [2.05, 4.69) is 10.0 Å². The van der Waals surface area contributed by atoms with E-state index in [-0.39, 0.29) is 17.0 Å². The fraction of sp³-hybridized carbons (Fsp3) is 0.136. The van der Waals surface area contributed by atoms with Crippen molar-refractivity contribution in [1.29, 1.82) is 0 Å². The average Bonchev–Trinajstić information content (AvgIpc) is 2.74. The Hall–Kier alpha value is -2.74. The van der Waals surface area contributed by atoms with Gasteiger partial charge in [-0.25, -0.2) is 17.5 Å². The van der Waals surface area contributed by atoms with Crippen molar-refractivity contribution in [3.8, 4) is 0 Å². The molecule has 2 N–H and O–H groups in total. The minimum absolute atomic E-state index is 0.0370. The summed E-state index contributed by atoms with van der Waals surface area (Å²) in [5, 5.41) is 3.01. The van der Waals surface area contributed by atoms with Crippen molar-refractivity contribution in [2.24, 2.45) is 0 Å². The molecular weight excluding hydrogens is 427 g/mol. The third-order valence-electron chi connectivity index (χ3n) is 4.52. The molecule has 0 aliphatic carbocycles. The molecular formula is C22H20ClFN2O3S. The minimum atomic E-state index is -3.99. The first-order chi connectivity index (χ1) is 14.3. The summed E-state index contributed by atoms with van der Waals surface area (Å²) in [5.41, 5.74) is 1.81. The van der Waals surface area contributed by atoms with Crippen molar-refractivity contribution in [1.82, 2.24) is 4.72 Å². The second-order valence-electron chi connectivity index (χ2n) is 6.56. The minimum Gasteiger partial charge on any atom is -0.322 e. The summed E-state index contributed by atoms with van der Waals surface area (Å²) in [5.74, 6) is -1.55. The van der Waals surface area contributed by atoms with Crippen molar-refractivity contribution in [2.45, 2.75) is 24.8 Å². The van der Waals surface area contributed by atoms with Crippen LogP contribution < -0.4 is 10.0 Å². The molecule has 0 aliphatic rings. The van der Waals surface area contributed by atoms with Crippen LogP contribution in [0.4, 0.5) is 10.1 Å². The van der Waals surface area contributed by atoms with Gasteiger partial charge < -0.3 is 5.32 Å². The summed E-state index contributed by atoms with van der Waals surface area (Å²) in [4.78, 5) is 12.3. The summed E-state index contributed by atoms with van der Waals surface area (Å²) < 4.78 is 41.9. The lowest BCUT2D eigenvalue weighted by molar-refractivity contribution is 0.102. The lowest BCUT2D eigenvalue weighted by Crippen LogP contribution is -2.24. The van der Waals surface area contributed by atoms with E-state index in [1.807, 2.05) is 19.1 Å². The van der Waals surface area contributed by atoms with Gasteiger partial charge in [-0.3, -0.25) is 4.79 Å². The Morgan fingerprint density at radius 3 is 2.40 bits per heavy atom. The highest BCUT2D eigenvalue weighted by atomic mass is 35.5. The number of anilines is 1. The van der Waals surface area contributed by atoms with Crippen molar-refractivity contribution in [2.75, 3.05) is 5.32 Å². The van der Waals surface area contributed by atoms with E-state index in [9.17, 15) is 17.6 Å². The molecule has 5 nitrogen and oxygen atoms in total. The highest BCUT2D eigenvalue weighted by Crippen LogP contribution is 2.19. The Kier molecular flexibility index (Phi) is 6.87. The van der Waals surface area contributed by atoms with E-state index < -0.39 is 21.7 Å². The Morgan fingerprint density at radius 2 is 1.73 bits per heavy atom. The fourth-order valence-electron chi connectivity index (χ4n) is 2.77. The lowest BCUT2D eigenvalue weighted by Gasteiger charge is -2.11. The van der Waals surface area contributed by atoms with Crippen LogP contribution >= 0.6 is 11.6 Å². The molecule has 8 heteroatoms. The van der Waals surface area contributed by atoms with E-state index in [1.54, 1.807) is 36.4 Å². The highest BCUT2D eigenvalue weighted by Gasteiger charge is 2.20. The van der Waals surface area contributed by atoms with Crippen molar-refractivity contribution in [3.05, 3.63) is 94.3 Å². The van der Waals surface area contributed by atoms with Gasteiger partial charge in [0.15, 0.2) is 0 Å². The molecule has 0 bridgehead atoms. The summed E-state index contributed by atoms with van der Waals surface area (Å²) in [6.07, 6.45) is 0.851. The number of amides is 1. The van der Waals surface area contributed by atoms with E-state index in [4.69, 9.17) is 11.6 Å². The maximum absolute atomic E-state index is 14.2. The average molecular weight is 447 g/mol. The molecule has 0 aromatic heterocycles. The quantitative estimate of drug-likeness (QED) is 0.548. The molecule has 156 valence electrons. The molecule has 0 unspecified atom stereocenters. The van der Waals surface area contributed by atoms with Gasteiger partial charge in [0, 0.05) is 17.3 Å². The number of benzene rings is 3. The van der Waals surface area contributed by atoms with Gasteiger partial charge in [-0.15, -0.1) is 0 Å². The van der Waals surface area contributed by atoms with Gasteiger partial charge in [-0.2, -0.15) is 0 Å². The Labute approximate surface area is 179 Å². The van der Waals surface area contributed by atoms with Crippen molar-refractivity contribution < 1.29 is 17.6 Å².